The molecule has 104 valence electrons. The van der Waals surface area contributed by atoms with Crippen LogP contribution in [-0.2, 0) is 4.79 Å². The number of carbonyl (C=O) groups is 1. The first-order chi connectivity index (χ1) is 9.02. The molecule has 19 heavy (non-hydrogen) atoms. The van der Waals surface area contributed by atoms with Gasteiger partial charge in [-0.3, -0.25) is 4.79 Å². The zero-order valence-corrected chi connectivity index (χ0v) is 11.6. The van der Waals surface area contributed by atoms with Crippen LogP contribution in [0.1, 0.15) is 13.8 Å². The third-order valence-electron chi connectivity index (χ3n) is 3.38. The van der Waals surface area contributed by atoms with Gasteiger partial charge in [-0.15, -0.1) is 0 Å². The minimum Gasteiger partial charge on any atom is -0.486 e. The van der Waals surface area contributed by atoms with Crippen molar-refractivity contribution in [3.05, 3.63) is 18.2 Å². The first-order valence-electron chi connectivity index (χ1n) is 6.53. The van der Waals surface area contributed by atoms with Crippen LogP contribution in [-0.4, -0.2) is 32.1 Å². The molecule has 0 fully saturated rings. The molecular formula is C14H21N3O2. The van der Waals surface area contributed by atoms with Crippen LogP contribution in [0.15, 0.2) is 18.2 Å². The number of hydrogen-bond acceptors (Lipinski definition) is 4. The number of benzene rings is 1. The molecule has 0 saturated heterocycles. The number of para-hydroxylation sites is 1. The summed E-state index contributed by atoms with van der Waals surface area (Å²) in [4.78, 5) is 13.6. The molecule has 1 aliphatic rings. The van der Waals surface area contributed by atoms with Crippen molar-refractivity contribution in [3.63, 3.8) is 0 Å². The van der Waals surface area contributed by atoms with E-state index >= 15 is 0 Å². The molecule has 1 heterocycles. The molecule has 1 aliphatic heterocycles. The summed E-state index contributed by atoms with van der Waals surface area (Å²) in [5.74, 6) is 1.11. The molecule has 5 nitrogen and oxygen atoms in total. The first-order valence-corrected chi connectivity index (χ1v) is 6.53. The zero-order valence-electron chi connectivity index (χ0n) is 11.6. The molecule has 1 atom stereocenters. The first kappa shape index (κ1) is 13.5. The number of nitrogen functional groups attached to an aromatic ring is 1. The van der Waals surface area contributed by atoms with Gasteiger partial charge in [-0.25, -0.2) is 0 Å². The number of nitrogens with one attached hydrogen (secondary N) is 1. The molecular weight excluding hydrogens is 242 g/mol. The van der Waals surface area contributed by atoms with Crippen LogP contribution in [0.5, 0.6) is 5.75 Å². The Kier molecular flexibility index (Phi) is 3.83. The average Bonchev–Trinajstić information content (AvgIpc) is 2.38. The largest absolute Gasteiger partial charge is 0.486 e. The van der Waals surface area contributed by atoms with Gasteiger partial charge in [-0.05, 0) is 18.1 Å². The Morgan fingerprint density at radius 1 is 1.58 bits per heavy atom. The lowest BCUT2D eigenvalue weighted by molar-refractivity contribution is -0.119. The Bertz CT molecular complexity index is 474. The van der Waals surface area contributed by atoms with E-state index < -0.39 is 0 Å². The number of anilines is 2. The number of amides is 1. The van der Waals surface area contributed by atoms with Crippen LogP contribution in [0.2, 0.25) is 0 Å². The summed E-state index contributed by atoms with van der Waals surface area (Å²) in [5, 5.41) is 2.64. The van der Waals surface area contributed by atoms with Gasteiger partial charge < -0.3 is 20.7 Å². The predicted octanol–water partition coefficient (Wildman–Crippen LogP) is 1.24. The highest BCUT2D eigenvalue weighted by Gasteiger charge is 2.30. The van der Waals surface area contributed by atoms with Crippen molar-refractivity contribution < 1.29 is 9.53 Å². The molecule has 0 bridgehead atoms. The Morgan fingerprint density at radius 2 is 2.32 bits per heavy atom. The third-order valence-corrected chi connectivity index (χ3v) is 3.38. The number of hydrogen-bond donors (Lipinski definition) is 2. The monoisotopic (exact) mass is 263 g/mol. The second kappa shape index (κ2) is 5.38. The number of rotatable bonds is 3. The zero-order chi connectivity index (χ0) is 14.0. The van der Waals surface area contributed by atoms with Crippen LogP contribution in [0.3, 0.4) is 0 Å². The van der Waals surface area contributed by atoms with Gasteiger partial charge >= 0.3 is 0 Å². The molecule has 1 aromatic rings. The molecule has 0 radical (unpaired) electrons. The highest BCUT2D eigenvalue weighted by atomic mass is 16.5. The summed E-state index contributed by atoms with van der Waals surface area (Å²) in [6.45, 7) is 5.19. The van der Waals surface area contributed by atoms with Crippen LogP contribution in [0.25, 0.3) is 0 Å². The normalized spacial score (nSPS) is 17.9. The standard InChI is InChI=1S/C14H21N3O2/c1-9(2)12-7-17(8-13(18)16-3)14-10(15)5-4-6-11(14)19-12/h4-6,9,12H,7-8,15H2,1-3H3,(H,16,18). The summed E-state index contributed by atoms with van der Waals surface area (Å²) < 4.78 is 5.97. The van der Waals surface area contributed by atoms with E-state index in [1.54, 1.807) is 7.05 Å². The number of nitrogens with two attached hydrogens (primary N) is 1. The van der Waals surface area contributed by atoms with Crippen LogP contribution < -0.4 is 20.7 Å². The summed E-state index contributed by atoms with van der Waals surface area (Å²) in [6, 6.07) is 5.60. The van der Waals surface area contributed by atoms with Crippen LogP contribution >= 0.6 is 0 Å². The van der Waals surface area contributed by atoms with E-state index in [4.69, 9.17) is 10.5 Å². The van der Waals surface area contributed by atoms with E-state index in [0.717, 1.165) is 11.4 Å². The van der Waals surface area contributed by atoms with Crippen molar-refractivity contribution in [1.82, 2.24) is 5.32 Å². The number of carbonyl (C=O) groups excluding carboxylic acids is 1. The van der Waals surface area contributed by atoms with Crippen molar-refractivity contribution in [1.29, 1.82) is 0 Å². The molecule has 1 unspecified atom stereocenters. The fourth-order valence-electron chi connectivity index (χ4n) is 2.22. The maximum Gasteiger partial charge on any atom is 0.239 e. The number of fused-ring (bicyclic) bond motifs is 1. The van der Waals surface area contributed by atoms with Gasteiger partial charge in [0.1, 0.15) is 17.5 Å². The third kappa shape index (κ3) is 2.75. The lowest BCUT2D eigenvalue weighted by Gasteiger charge is -2.38. The van der Waals surface area contributed by atoms with Crippen molar-refractivity contribution in [2.24, 2.45) is 5.92 Å². The second-order valence-corrected chi connectivity index (χ2v) is 5.15. The molecule has 5 heteroatoms. The minimum absolute atomic E-state index is 0.0291. The lowest BCUT2D eigenvalue weighted by atomic mass is 10.0. The second-order valence-electron chi connectivity index (χ2n) is 5.15. The molecule has 1 aromatic carbocycles. The van der Waals surface area contributed by atoms with Crippen LogP contribution in [0, 0.1) is 5.92 Å². The maximum absolute atomic E-state index is 11.6. The Balaban J connectivity index is 2.34. The van der Waals surface area contributed by atoms with Crippen molar-refractivity contribution >= 4 is 17.3 Å². The SMILES string of the molecule is CNC(=O)CN1CC(C(C)C)Oc2cccc(N)c21. The van der Waals surface area contributed by atoms with Crippen molar-refractivity contribution in [3.8, 4) is 5.75 Å². The number of likely N-dealkylation sites (N-methyl/N-ethyl adjacent to an activating group) is 1. The van der Waals surface area contributed by atoms with Gasteiger partial charge in [0.05, 0.1) is 18.8 Å². The molecule has 0 aliphatic carbocycles. The Morgan fingerprint density at radius 3 is 2.95 bits per heavy atom. The summed E-state index contributed by atoms with van der Waals surface area (Å²) >= 11 is 0. The maximum atomic E-state index is 11.6. The lowest BCUT2D eigenvalue weighted by Crippen LogP contribution is -2.46. The topological polar surface area (TPSA) is 67.6 Å². The smallest absolute Gasteiger partial charge is 0.239 e. The quantitative estimate of drug-likeness (QED) is 0.805. The van der Waals surface area contributed by atoms with Crippen LogP contribution in [0.4, 0.5) is 11.4 Å². The minimum atomic E-state index is -0.0291. The Labute approximate surface area is 113 Å². The highest BCUT2D eigenvalue weighted by molar-refractivity contribution is 5.85. The van der Waals surface area contributed by atoms with E-state index in [1.165, 1.54) is 0 Å². The molecule has 3 N–H and O–H groups in total. The highest BCUT2D eigenvalue weighted by Crippen LogP contribution is 2.39. The van der Waals surface area contributed by atoms with Crippen molar-refractivity contribution in [2.75, 3.05) is 30.8 Å². The van der Waals surface area contributed by atoms with E-state index in [-0.39, 0.29) is 12.0 Å². The van der Waals surface area contributed by atoms with Gasteiger partial charge in [-0.1, -0.05) is 19.9 Å². The molecule has 2 rings (SSSR count). The fraction of sp³-hybridized carbons (Fsp3) is 0.500. The Hall–Kier alpha value is -1.91. The fourth-order valence-corrected chi connectivity index (χ4v) is 2.22. The summed E-state index contributed by atoms with van der Waals surface area (Å²) in [7, 11) is 1.64. The molecule has 0 saturated carbocycles. The van der Waals surface area contributed by atoms with Gasteiger partial charge in [0, 0.05) is 7.05 Å². The van der Waals surface area contributed by atoms with E-state index in [2.05, 4.69) is 19.2 Å². The molecule has 1 amide bonds. The number of ether oxygens (including phenoxy) is 1. The van der Waals surface area contributed by atoms with Crippen molar-refractivity contribution in [2.45, 2.75) is 20.0 Å². The predicted molar refractivity (Wildman–Crippen MR) is 76.4 cm³/mol. The summed E-state index contributed by atoms with van der Waals surface area (Å²) in [6.07, 6.45) is 0.0685. The van der Waals surface area contributed by atoms with Gasteiger partial charge in [-0.2, -0.15) is 0 Å². The molecule has 0 aromatic heterocycles. The van der Waals surface area contributed by atoms with E-state index in [1.807, 2.05) is 23.1 Å². The van der Waals surface area contributed by atoms with E-state index in [9.17, 15) is 4.79 Å². The van der Waals surface area contributed by atoms with Gasteiger partial charge in [0.2, 0.25) is 5.91 Å². The van der Waals surface area contributed by atoms with Gasteiger partial charge in [0.25, 0.3) is 0 Å². The summed E-state index contributed by atoms with van der Waals surface area (Å²) in [5.41, 5.74) is 7.48. The van der Waals surface area contributed by atoms with E-state index in [0.29, 0.717) is 24.7 Å². The van der Waals surface area contributed by atoms with Gasteiger partial charge in [0.15, 0.2) is 0 Å². The number of nitrogens with zero attached hydrogens (tertiary/aromatic N) is 1. The molecule has 0 spiro atoms. The average molecular weight is 263 g/mol.